The van der Waals surface area contributed by atoms with Crippen LogP contribution in [0, 0.1) is 0 Å². The molecule has 0 aliphatic rings. The fraction of sp³-hybridized carbons (Fsp3) is 0.235. The minimum Gasteiger partial charge on any atom is -0.497 e. The molecule has 134 valence electrons. The lowest BCUT2D eigenvalue weighted by molar-refractivity contribution is -0.274. The summed E-state index contributed by atoms with van der Waals surface area (Å²) in [5.74, 6) is 0.524. The maximum atomic E-state index is 12.1. The van der Waals surface area contributed by atoms with Gasteiger partial charge in [0, 0.05) is 6.54 Å². The maximum Gasteiger partial charge on any atom is 0.573 e. The number of hydrogen-bond acceptors (Lipinski definition) is 4. The smallest absolute Gasteiger partial charge is 0.497 e. The van der Waals surface area contributed by atoms with Gasteiger partial charge in [-0.2, -0.15) is 0 Å². The van der Waals surface area contributed by atoms with Gasteiger partial charge in [0.25, 0.3) is 5.91 Å². The molecule has 0 heterocycles. The first-order chi connectivity index (χ1) is 11.9. The summed E-state index contributed by atoms with van der Waals surface area (Å²) in [6, 6.07) is 12.0. The normalized spacial score (nSPS) is 10.9. The van der Waals surface area contributed by atoms with Crippen LogP contribution in [0.25, 0.3) is 0 Å². The van der Waals surface area contributed by atoms with Crippen LogP contribution in [0.3, 0.4) is 0 Å². The van der Waals surface area contributed by atoms with E-state index in [4.69, 9.17) is 9.47 Å². The minimum atomic E-state index is -4.73. The molecule has 2 rings (SSSR count). The Balaban J connectivity index is 1.75. The molecule has 0 saturated carbocycles. The van der Waals surface area contributed by atoms with Gasteiger partial charge in [0.2, 0.25) is 0 Å². The van der Waals surface area contributed by atoms with E-state index < -0.39 is 6.36 Å². The number of benzene rings is 2. The third kappa shape index (κ3) is 6.62. The number of ether oxygens (including phenoxy) is 3. The number of amides is 1. The molecule has 0 aromatic heterocycles. The van der Waals surface area contributed by atoms with Crippen molar-refractivity contribution in [3.05, 3.63) is 54.1 Å². The molecular formula is C17H16F3NO4. The van der Waals surface area contributed by atoms with Gasteiger partial charge >= 0.3 is 6.36 Å². The SMILES string of the molecule is COc1ccc(OCC(=O)NCc2ccc(OC(F)(F)F)cc2)cc1. The number of rotatable bonds is 7. The predicted molar refractivity (Wildman–Crippen MR) is 83.5 cm³/mol. The van der Waals surface area contributed by atoms with Crippen molar-refractivity contribution >= 4 is 5.91 Å². The molecule has 0 fully saturated rings. The summed E-state index contributed by atoms with van der Waals surface area (Å²) in [7, 11) is 1.55. The summed E-state index contributed by atoms with van der Waals surface area (Å²) < 4.78 is 50.3. The summed E-state index contributed by atoms with van der Waals surface area (Å²) in [6.45, 7) is -0.0152. The highest BCUT2D eigenvalue weighted by Gasteiger charge is 2.30. The summed E-state index contributed by atoms with van der Waals surface area (Å²) in [5.41, 5.74) is 0.632. The van der Waals surface area contributed by atoms with Crippen LogP contribution in [0.1, 0.15) is 5.56 Å². The zero-order valence-corrected chi connectivity index (χ0v) is 13.3. The van der Waals surface area contributed by atoms with Gasteiger partial charge in [-0.1, -0.05) is 12.1 Å². The van der Waals surface area contributed by atoms with E-state index in [9.17, 15) is 18.0 Å². The molecule has 8 heteroatoms. The zero-order valence-electron chi connectivity index (χ0n) is 13.3. The lowest BCUT2D eigenvalue weighted by Gasteiger charge is -2.10. The van der Waals surface area contributed by atoms with Gasteiger partial charge in [0.15, 0.2) is 6.61 Å². The molecule has 0 spiro atoms. The van der Waals surface area contributed by atoms with Crippen LogP contribution in [0.4, 0.5) is 13.2 Å². The van der Waals surface area contributed by atoms with Gasteiger partial charge in [-0.3, -0.25) is 4.79 Å². The van der Waals surface area contributed by atoms with E-state index in [0.29, 0.717) is 17.1 Å². The third-order valence-electron chi connectivity index (χ3n) is 3.08. The molecule has 2 aromatic carbocycles. The molecule has 0 saturated heterocycles. The summed E-state index contributed by atoms with van der Waals surface area (Å²) >= 11 is 0. The van der Waals surface area contributed by atoms with Gasteiger partial charge in [0.05, 0.1) is 7.11 Å². The van der Waals surface area contributed by atoms with Crippen LogP contribution in [0.5, 0.6) is 17.2 Å². The number of halogens is 3. The molecule has 1 N–H and O–H groups in total. The largest absolute Gasteiger partial charge is 0.573 e. The highest BCUT2D eigenvalue weighted by molar-refractivity contribution is 5.77. The van der Waals surface area contributed by atoms with Crippen molar-refractivity contribution in [1.82, 2.24) is 5.32 Å². The average Bonchev–Trinajstić information content (AvgIpc) is 2.58. The Kier molecular flexibility index (Phi) is 6.10. The second-order valence-corrected chi connectivity index (χ2v) is 4.93. The van der Waals surface area contributed by atoms with Crippen molar-refractivity contribution in [2.45, 2.75) is 12.9 Å². The Morgan fingerprint density at radius 1 is 0.960 bits per heavy atom. The van der Waals surface area contributed by atoms with Crippen molar-refractivity contribution in [2.75, 3.05) is 13.7 Å². The van der Waals surface area contributed by atoms with Gasteiger partial charge in [-0.25, -0.2) is 0 Å². The van der Waals surface area contributed by atoms with Crippen molar-refractivity contribution in [2.24, 2.45) is 0 Å². The quantitative estimate of drug-likeness (QED) is 0.828. The van der Waals surface area contributed by atoms with Crippen LogP contribution < -0.4 is 19.5 Å². The van der Waals surface area contributed by atoms with Gasteiger partial charge in [-0.05, 0) is 42.0 Å². The number of methoxy groups -OCH3 is 1. The average molecular weight is 355 g/mol. The van der Waals surface area contributed by atoms with Crippen molar-refractivity contribution in [3.63, 3.8) is 0 Å². The molecule has 0 unspecified atom stereocenters. The second-order valence-electron chi connectivity index (χ2n) is 4.93. The number of carbonyl (C=O) groups excluding carboxylic acids is 1. The van der Waals surface area contributed by atoms with Crippen LogP contribution in [0.2, 0.25) is 0 Å². The van der Waals surface area contributed by atoms with E-state index in [0.717, 1.165) is 0 Å². The predicted octanol–water partition coefficient (Wildman–Crippen LogP) is 3.29. The first-order valence-corrected chi connectivity index (χ1v) is 7.24. The Labute approximate surface area is 142 Å². The number of carbonyl (C=O) groups is 1. The lowest BCUT2D eigenvalue weighted by atomic mass is 10.2. The van der Waals surface area contributed by atoms with E-state index >= 15 is 0 Å². The van der Waals surface area contributed by atoms with E-state index in [-0.39, 0.29) is 24.8 Å². The molecule has 2 aromatic rings. The Bertz CT molecular complexity index is 685. The number of alkyl halides is 3. The Morgan fingerprint density at radius 3 is 2.08 bits per heavy atom. The molecule has 5 nitrogen and oxygen atoms in total. The molecule has 1 amide bonds. The van der Waals surface area contributed by atoms with E-state index in [1.165, 1.54) is 24.3 Å². The van der Waals surface area contributed by atoms with Crippen LogP contribution >= 0.6 is 0 Å². The number of hydrogen-bond donors (Lipinski definition) is 1. The van der Waals surface area contributed by atoms with E-state index in [2.05, 4.69) is 10.1 Å². The molecule has 0 radical (unpaired) electrons. The molecule has 0 aliphatic carbocycles. The van der Waals surface area contributed by atoms with Crippen LogP contribution in [-0.2, 0) is 11.3 Å². The minimum absolute atomic E-state index is 0.164. The van der Waals surface area contributed by atoms with Crippen molar-refractivity contribution < 1.29 is 32.2 Å². The third-order valence-corrected chi connectivity index (χ3v) is 3.08. The van der Waals surface area contributed by atoms with Gasteiger partial charge in [-0.15, -0.1) is 13.2 Å². The molecule has 0 atom stereocenters. The van der Waals surface area contributed by atoms with Crippen molar-refractivity contribution in [3.8, 4) is 17.2 Å². The maximum absolute atomic E-state index is 12.1. The first-order valence-electron chi connectivity index (χ1n) is 7.24. The molecular weight excluding hydrogens is 339 g/mol. The van der Waals surface area contributed by atoms with Crippen LogP contribution in [0.15, 0.2) is 48.5 Å². The highest BCUT2D eigenvalue weighted by Crippen LogP contribution is 2.22. The van der Waals surface area contributed by atoms with Gasteiger partial charge in [0.1, 0.15) is 17.2 Å². The monoisotopic (exact) mass is 355 g/mol. The van der Waals surface area contributed by atoms with Crippen LogP contribution in [-0.4, -0.2) is 26.0 Å². The van der Waals surface area contributed by atoms with E-state index in [1.54, 1.807) is 31.4 Å². The Morgan fingerprint density at radius 2 is 1.52 bits per heavy atom. The van der Waals surface area contributed by atoms with E-state index in [1.807, 2.05) is 0 Å². The zero-order chi connectivity index (χ0) is 18.3. The Hall–Kier alpha value is -2.90. The molecule has 0 aliphatic heterocycles. The molecule has 0 bridgehead atoms. The fourth-order valence-corrected chi connectivity index (χ4v) is 1.88. The molecule has 25 heavy (non-hydrogen) atoms. The fourth-order valence-electron chi connectivity index (χ4n) is 1.88. The van der Waals surface area contributed by atoms with Gasteiger partial charge < -0.3 is 19.5 Å². The summed E-state index contributed by atoms with van der Waals surface area (Å²) in [5, 5.41) is 2.61. The second kappa shape index (κ2) is 8.27. The standard InChI is InChI=1S/C17H16F3NO4/c1-23-13-6-8-14(9-7-13)24-11-16(22)21-10-12-2-4-15(5-3-12)25-17(18,19)20/h2-9H,10-11H2,1H3,(H,21,22). The summed E-state index contributed by atoms with van der Waals surface area (Å²) in [6.07, 6.45) is -4.73. The first kappa shape index (κ1) is 18.4. The topological polar surface area (TPSA) is 56.8 Å². The number of nitrogens with one attached hydrogen (secondary N) is 1. The lowest BCUT2D eigenvalue weighted by Crippen LogP contribution is -2.28. The summed E-state index contributed by atoms with van der Waals surface area (Å²) in [4.78, 5) is 11.7. The highest BCUT2D eigenvalue weighted by atomic mass is 19.4. The van der Waals surface area contributed by atoms with Crippen molar-refractivity contribution in [1.29, 1.82) is 0 Å².